The molecule has 0 heterocycles. The van der Waals surface area contributed by atoms with E-state index in [2.05, 4.69) is 13.8 Å². The van der Waals surface area contributed by atoms with Gasteiger partial charge in [-0.25, -0.2) is 0 Å². The summed E-state index contributed by atoms with van der Waals surface area (Å²) in [5, 5.41) is 0. The van der Waals surface area contributed by atoms with Crippen LogP contribution in [-0.4, -0.2) is 30.7 Å². The molecule has 1 aromatic rings. The molecule has 8 heteroatoms. The lowest BCUT2D eigenvalue weighted by Gasteiger charge is -2.32. The SMILES string of the molecule is CCCCCCCCCc1cc2c(c(S(=O)(=O)O)c1)CC(CCCCCCCCC)(S(=O)(=O)O)C=C2. The fourth-order valence-corrected chi connectivity index (χ4v) is 6.95. The lowest BCUT2D eigenvalue weighted by Crippen LogP contribution is -2.40. The van der Waals surface area contributed by atoms with E-state index in [9.17, 15) is 25.9 Å². The third kappa shape index (κ3) is 9.26. The predicted molar refractivity (Wildman–Crippen MR) is 148 cm³/mol. The van der Waals surface area contributed by atoms with E-state index in [1.165, 1.54) is 44.2 Å². The fraction of sp³-hybridized carbons (Fsp3) is 0.714. The van der Waals surface area contributed by atoms with Gasteiger partial charge in [-0.3, -0.25) is 9.11 Å². The topological polar surface area (TPSA) is 109 Å². The molecular formula is C28H46O6S2. The van der Waals surface area contributed by atoms with Crippen LogP contribution in [0, 0.1) is 0 Å². The third-order valence-electron chi connectivity index (χ3n) is 7.41. The van der Waals surface area contributed by atoms with E-state index in [0.29, 0.717) is 18.4 Å². The Bertz CT molecular complexity index is 1060. The van der Waals surface area contributed by atoms with Gasteiger partial charge in [-0.1, -0.05) is 116 Å². The van der Waals surface area contributed by atoms with Crippen LogP contribution >= 0.6 is 0 Å². The standard InChI is InChI=1S/C28H46O6S2/c1-3-5-7-9-11-13-15-17-24-21-25-18-20-28(36(32,33)34,19-16-14-12-10-8-6-4-2)23-26(25)27(22-24)35(29,30)31/h18,20-22H,3-17,19,23H2,1-2H3,(H,29,30,31)(H,32,33,34). The molecule has 0 amide bonds. The van der Waals surface area contributed by atoms with Crippen LogP contribution in [0.5, 0.6) is 0 Å². The number of benzene rings is 1. The van der Waals surface area contributed by atoms with Gasteiger partial charge in [0, 0.05) is 0 Å². The highest BCUT2D eigenvalue weighted by atomic mass is 32.2. The smallest absolute Gasteiger partial charge is 0.285 e. The molecule has 1 aromatic carbocycles. The van der Waals surface area contributed by atoms with Crippen LogP contribution in [0.3, 0.4) is 0 Å². The van der Waals surface area contributed by atoms with E-state index in [1.807, 2.05) is 6.07 Å². The van der Waals surface area contributed by atoms with Gasteiger partial charge in [0.2, 0.25) is 0 Å². The summed E-state index contributed by atoms with van der Waals surface area (Å²) in [7, 11) is -9.05. The maximum absolute atomic E-state index is 12.5. The minimum absolute atomic E-state index is 0.166. The largest absolute Gasteiger partial charge is 0.294 e. The molecule has 206 valence electrons. The molecule has 0 bridgehead atoms. The predicted octanol–water partition coefficient (Wildman–Crippen LogP) is 7.56. The molecule has 0 fully saturated rings. The number of unbranched alkanes of at least 4 members (excludes halogenated alkanes) is 12. The Morgan fingerprint density at radius 2 is 1.28 bits per heavy atom. The molecule has 0 spiro atoms. The van der Waals surface area contributed by atoms with Crippen molar-refractivity contribution < 1.29 is 25.9 Å². The second-order valence-electron chi connectivity index (χ2n) is 10.4. The van der Waals surface area contributed by atoms with Gasteiger partial charge >= 0.3 is 0 Å². The Kier molecular flexibility index (Phi) is 12.6. The normalized spacial score (nSPS) is 17.9. The van der Waals surface area contributed by atoms with E-state index in [0.717, 1.165) is 56.9 Å². The highest BCUT2D eigenvalue weighted by molar-refractivity contribution is 7.87. The Labute approximate surface area is 219 Å². The van der Waals surface area contributed by atoms with Crippen molar-refractivity contribution in [2.75, 3.05) is 0 Å². The molecule has 0 saturated carbocycles. The van der Waals surface area contributed by atoms with Crippen LogP contribution in [0.25, 0.3) is 6.08 Å². The van der Waals surface area contributed by atoms with Crippen molar-refractivity contribution in [1.82, 2.24) is 0 Å². The lowest BCUT2D eigenvalue weighted by molar-refractivity contribution is 0.422. The highest BCUT2D eigenvalue weighted by Crippen LogP contribution is 2.39. The highest BCUT2D eigenvalue weighted by Gasteiger charge is 2.43. The zero-order valence-electron chi connectivity index (χ0n) is 22.2. The molecule has 1 aliphatic carbocycles. The molecule has 0 aromatic heterocycles. The quantitative estimate of drug-likeness (QED) is 0.146. The van der Waals surface area contributed by atoms with Crippen molar-refractivity contribution in [2.45, 2.75) is 133 Å². The molecule has 6 nitrogen and oxygen atoms in total. The first-order valence-corrected chi connectivity index (χ1v) is 16.7. The van der Waals surface area contributed by atoms with Crippen molar-refractivity contribution in [1.29, 1.82) is 0 Å². The summed E-state index contributed by atoms with van der Waals surface area (Å²) in [6.07, 6.45) is 19.0. The molecule has 1 aliphatic rings. The summed E-state index contributed by atoms with van der Waals surface area (Å²) in [5.41, 5.74) is 1.68. The molecule has 0 radical (unpaired) electrons. The Hall–Kier alpha value is -1.22. The van der Waals surface area contributed by atoms with Gasteiger partial charge in [0.1, 0.15) is 4.75 Å². The number of rotatable bonds is 18. The van der Waals surface area contributed by atoms with Crippen molar-refractivity contribution in [3.63, 3.8) is 0 Å². The number of fused-ring (bicyclic) bond motifs is 1. The third-order valence-corrected chi connectivity index (χ3v) is 9.84. The minimum Gasteiger partial charge on any atom is -0.285 e. The maximum atomic E-state index is 12.5. The van der Waals surface area contributed by atoms with Gasteiger partial charge in [-0.15, -0.1) is 0 Å². The molecule has 1 unspecified atom stereocenters. The molecule has 2 N–H and O–H groups in total. The van der Waals surface area contributed by atoms with Crippen LogP contribution < -0.4 is 0 Å². The molecule has 2 rings (SSSR count). The molecule has 1 atom stereocenters. The lowest BCUT2D eigenvalue weighted by atomic mass is 9.84. The Morgan fingerprint density at radius 1 is 0.750 bits per heavy atom. The van der Waals surface area contributed by atoms with Crippen molar-refractivity contribution >= 4 is 26.3 Å². The molecule has 0 aliphatic heterocycles. The first kappa shape index (κ1) is 31.0. The van der Waals surface area contributed by atoms with Crippen LogP contribution in [0.2, 0.25) is 0 Å². The summed E-state index contributed by atoms with van der Waals surface area (Å²) in [6, 6.07) is 3.37. The number of aryl methyl sites for hydroxylation is 1. The molecule has 0 saturated heterocycles. The van der Waals surface area contributed by atoms with E-state index in [1.54, 1.807) is 6.08 Å². The van der Waals surface area contributed by atoms with E-state index >= 15 is 0 Å². The van der Waals surface area contributed by atoms with Crippen LogP contribution in [0.15, 0.2) is 23.1 Å². The van der Waals surface area contributed by atoms with Gasteiger partial charge in [0.05, 0.1) is 4.90 Å². The van der Waals surface area contributed by atoms with Crippen molar-refractivity contribution in [2.24, 2.45) is 0 Å². The average molecular weight is 543 g/mol. The van der Waals surface area contributed by atoms with Gasteiger partial charge in [0.15, 0.2) is 0 Å². The van der Waals surface area contributed by atoms with Crippen LogP contribution in [0.1, 0.15) is 127 Å². The minimum atomic E-state index is -4.56. The summed E-state index contributed by atoms with van der Waals surface area (Å²) in [4.78, 5) is -0.241. The second-order valence-corrected chi connectivity index (χ2v) is 13.6. The van der Waals surface area contributed by atoms with Gasteiger partial charge in [-0.05, 0) is 48.4 Å². The fourth-order valence-electron chi connectivity index (χ4n) is 5.18. The van der Waals surface area contributed by atoms with E-state index in [-0.39, 0.29) is 23.3 Å². The van der Waals surface area contributed by atoms with E-state index in [4.69, 9.17) is 0 Å². The zero-order chi connectivity index (χ0) is 26.7. The maximum Gasteiger partial charge on any atom is 0.294 e. The Balaban J connectivity index is 2.17. The second kappa shape index (κ2) is 14.6. The summed E-state index contributed by atoms with van der Waals surface area (Å²) < 4.78 is 68.2. The first-order valence-electron chi connectivity index (χ1n) is 13.8. The average Bonchev–Trinajstić information content (AvgIpc) is 2.81. The number of hydrogen-bond acceptors (Lipinski definition) is 4. The number of hydrogen-bond donors (Lipinski definition) is 2. The summed E-state index contributed by atoms with van der Waals surface area (Å²) in [5.74, 6) is 0. The van der Waals surface area contributed by atoms with Crippen molar-refractivity contribution in [3.8, 4) is 0 Å². The zero-order valence-corrected chi connectivity index (χ0v) is 23.8. The van der Waals surface area contributed by atoms with Gasteiger partial charge in [-0.2, -0.15) is 16.8 Å². The van der Waals surface area contributed by atoms with E-state index < -0.39 is 25.0 Å². The van der Waals surface area contributed by atoms with Crippen LogP contribution in [-0.2, 0) is 33.1 Å². The van der Waals surface area contributed by atoms with Crippen molar-refractivity contribution in [3.05, 3.63) is 34.9 Å². The summed E-state index contributed by atoms with van der Waals surface area (Å²) in [6.45, 7) is 4.34. The monoisotopic (exact) mass is 542 g/mol. The van der Waals surface area contributed by atoms with Gasteiger partial charge in [0.25, 0.3) is 20.2 Å². The van der Waals surface area contributed by atoms with Gasteiger partial charge < -0.3 is 0 Å². The Morgan fingerprint density at radius 3 is 1.81 bits per heavy atom. The first-order chi connectivity index (χ1) is 17.0. The molecule has 36 heavy (non-hydrogen) atoms. The summed E-state index contributed by atoms with van der Waals surface area (Å²) >= 11 is 0. The van der Waals surface area contributed by atoms with Crippen LogP contribution in [0.4, 0.5) is 0 Å². The molecular weight excluding hydrogens is 496 g/mol.